The minimum Gasteiger partial charge on any atom is -0.455 e. The molecule has 2 amide bonds. The van der Waals surface area contributed by atoms with E-state index in [9.17, 15) is 14.4 Å². The summed E-state index contributed by atoms with van der Waals surface area (Å²) in [5.41, 5.74) is -1.03. The van der Waals surface area contributed by atoms with Crippen LogP contribution in [0.5, 0.6) is 0 Å². The van der Waals surface area contributed by atoms with E-state index in [1.807, 2.05) is 6.07 Å². The van der Waals surface area contributed by atoms with Gasteiger partial charge < -0.3 is 19.9 Å². The van der Waals surface area contributed by atoms with Gasteiger partial charge in [0.15, 0.2) is 12.4 Å². The molecule has 1 atom stereocenters. The quantitative estimate of drug-likeness (QED) is 0.609. The molecule has 0 unspecified atom stereocenters. The van der Waals surface area contributed by atoms with Gasteiger partial charge in [-0.1, -0.05) is 19.0 Å². The number of aromatic nitrogens is 1. The molecule has 0 aliphatic carbocycles. The Bertz CT molecular complexity index is 697. The number of aryl methyl sites for hydroxylation is 1. The lowest BCUT2D eigenvalue weighted by Crippen LogP contribution is -2.50. The van der Waals surface area contributed by atoms with Crippen LogP contribution in [0.15, 0.2) is 10.6 Å². The van der Waals surface area contributed by atoms with Crippen molar-refractivity contribution in [2.45, 2.75) is 33.2 Å². The van der Waals surface area contributed by atoms with E-state index in [1.54, 1.807) is 33.8 Å². The summed E-state index contributed by atoms with van der Waals surface area (Å²) in [6.07, 6.45) is 0. The monoisotopic (exact) mass is 382 g/mol. The fourth-order valence-corrected chi connectivity index (χ4v) is 2.26. The van der Waals surface area contributed by atoms with Crippen molar-refractivity contribution < 1.29 is 23.6 Å². The predicted octanol–water partition coefficient (Wildman–Crippen LogP) is 1.25. The van der Waals surface area contributed by atoms with E-state index in [2.05, 4.69) is 15.8 Å². The number of esters is 1. The summed E-state index contributed by atoms with van der Waals surface area (Å²) in [6, 6.07) is 3.60. The zero-order chi connectivity index (χ0) is 19.7. The molecule has 0 saturated carbocycles. The molecular formula is C16H22N4O5S. The predicted molar refractivity (Wildman–Crippen MR) is 95.2 cm³/mol. The Balaban J connectivity index is 2.25. The second-order valence-corrected chi connectivity index (χ2v) is 7.03. The standard InChI is InChI=1S/C16H22N4O5S/c1-10(2)16(4,9-17)19-13(21)6-24-15(23)8-26-7-14(22)18-12-5-11(3)25-20-12/h5,10H,6-8H2,1-4H3,(H,19,21)(H,18,20,22)/t16-/m1/s1. The number of amides is 2. The summed E-state index contributed by atoms with van der Waals surface area (Å²) in [5.74, 6) is -0.813. The largest absolute Gasteiger partial charge is 0.455 e. The van der Waals surface area contributed by atoms with Crippen molar-refractivity contribution in [2.75, 3.05) is 23.4 Å². The first-order chi connectivity index (χ1) is 12.2. The number of rotatable bonds is 9. The van der Waals surface area contributed by atoms with Crippen molar-refractivity contribution in [3.63, 3.8) is 0 Å². The van der Waals surface area contributed by atoms with Gasteiger partial charge in [-0.3, -0.25) is 14.4 Å². The van der Waals surface area contributed by atoms with E-state index in [4.69, 9.17) is 14.5 Å². The molecule has 2 N–H and O–H groups in total. The number of nitriles is 1. The second kappa shape index (κ2) is 9.82. The van der Waals surface area contributed by atoms with Gasteiger partial charge in [-0.2, -0.15) is 5.26 Å². The number of hydrogen-bond acceptors (Lipinski definition) is 8. The summed E-state index contributed by atoms with van der Waals surface area (Å²) in [4.78, 5) is 35.1. The van der Waals surface area contributed by atoms with E-state index in [0.717, 1.165) is 11.8 Å². The fraction of sp³-hybridized carbons (Fsp3) is 0.562. The third-order valence-electron chi connectivity index (χ3n) is 3.50. The molecule has 142 valence electrons. The van der Waals surface area contributed by atoms with Crippen LogP contribution >= 0.6 is 11.8 Å². The zero-order valence-electron chi connectivity index (χ0n) is 15.1. The number of hydrogen-bond donors (Lipinski definition) is 2. The average Bonchev–Trinajstić information content (AvgIpc) is 2.97. The fourth-order valence-electron chi connectivity index (χ4n) is 1.65. The Morgan fingerprint density at radius 1 is 1.38 bits per heavy atom. The zero-order valence-corrected chi connectivity index (χ0v) is 15.9. The molecule has 0 fully saturated rings. The number of nitrogens with one attached hydrogen (secondary N) is 2. The SMILES string of the molecule is Cc1cc(NC(=O)CSCC(=O)OCC(=O)N[C@](C)(C#N)C(C)C)no1. The van der Waals surface area contributed by atoms with Crippen LogP contribution in [0, 0.1) is 24.2 Å². The average molecular weight is 382 g/mol. The Morgan fingerprint density at radius 2 is 2.08 bits per heavy atom. The van der Waals surface area contributed by atoms with E-state index in [-0.39, 0.29) is 23.3 Å². The number of anilines is 1. The molecular weight excluding hydrogens is 360 g/mol. The van der Waals surface area contributed by atoms with E-state index < -0.39 is 24.0 Å². The van der Waals surface area contributed by atoms with Gasteiger partial charge in [0.1, 0.15) is 11.3 Å². The third kappa shape index (κ3) is 7.14. The lowest BCUT2D eigenvalue weighted by Gasteiger charge is -2.27. The highest BCUT2D eigenvalue weighted by molar-refractivity contribution is 8.00. The van der Waals surface area contributed by atoms with Gasteiger partial charge in [-0.05, 0) is 19.8 Å². The third-order valence-corrected chi connectivity index (χ3v) is 4.40. The molecule has 0 aromatic carbocycles. The Labute approximate surface area is 155 Å². The molecule has 1 heterocycles. The molecule has 0 radical (unpaired) electrons. The molecule has 0 aliphatic rings. The van der Waals surface area contributed by atoms with Crippen LogP contribution in [0.1, 0.15) is 26.5 Å². The molecule has 1 rings (SSSR count). The highest BCUT2D eigenvalue weighted by atomic mass is 32.2. The van der Waals surface area contributed by atoms with Gasteiger partial charge in [0, 0.05) is 6.07 Å². The first kappa shape index (κ1) is 21.5. The maximum absolute atomic E-state index is 11.8. The van der Waals surface area contributed by atoms with Crippen molar-refractivity contribution in [2.24, 2.45) is 5.92 Å². The molecule has 0 bridgehead atoms. The summed E-state index contributed by atoms with van der Waals surface area (Å²) in [5, 5.41) is 17.8. The van der Waals surface area contributed by atoms with Crippen molar-refractivity contribution in [3.8, 4) is 6.07 Å². The van der Waals surface area contributed by atoms with Gasteiger partial charge >= 0.3 is 5.97 Å². The number of thioether (sulfide) groups is 1. The van der Waals surface area contributed by atoms with Gasteiger partial charge in [0.05, 0.1) is 17.6 Å². The molecule has 26 heavy (non-hydrogen) atoms. The molecule has 10 heteroatoms. The van der Waals surface area contributed by atoms with Crippen LogP contribution in [0.4, 0.5) is 5.82 Å². The highest BCUT2D eigenvalue weighted by Gasteiger charge is 2.30. The van der Waals surface area contributed by atoms with Crippen LogP contribution in [0.25, 0.3) is 0 Å². The Kier molecular flexibility index (Phi) is 8.12. The van der Waals surface area contributed by atoms with Gasteiger partial charge in [0.25, 0.3) is 5.91 Å². The number of ether oxygens (including phenoxy) is 1. The van der Waals surface area contributed by atoms with E-state index >= 15 is 0 Å². The van der Waals surface area contributed by atoms with Gasteiger partial charge in [-0.15, -0.1) is 11.8 Å². The van der Waals surface area contributed by atoms with Crippen LogP contribution in [0.2, 0.25) is 0 Å². The molecule has 1 aromatic heterocycles. The van der Waals surface area contributed by atoms with Crippen molar-refractivity contribution in [3.05, 3.63) is 11.8 Å². The topological polar surface area (TPSA) is 134 Å². The number of carbonyl (C=O) groups is 3. The van der Waals surface area contributed by atoms with Gasteiger partial charge in [-0.25, -0.2) is 0 Å². The molecule has 0 aliphatic heterocycles. The molecule has 0 spiro atoms. The Hall–Kier alpha value is -2.54. The maximum Gasteiger partial charge on any atom is 0.316 e. The normalized spacial score (nSPS) is 12.8. The first-order valence-electron chi connectivity index (χ1n) is 7.85. The van der Waals surface area contributed by atoms with Crippen LogP contribution in [-0.4, -0.2) is 46.6 Å². The van der Waals surface area contributed by atoms with Crippen LogP contribution in [0.3, 0.4) is 0 Å². The minimum atomic E-state index is -1.03. The van der Waals surface area contributed by atoms with Gasteiger partial charge in [0.2, 0.25) is 5.91 Å². The first-order valence-corrected chi connectivity index (χ1v) is 9.00. The lowest BCUT2D eigenvalue weighted by atomic mass is 9.90. The molecule has 9 nitrogen and oxygen atoms in total. The number of carbonyl (C=O) groups excluding carboxylic acids is 3. The summed E-state index contributed by atoms with van der Waals surface area (Å²) in [6.45, 7) is 6.43. The van der Waals surface area contributed by atoms with Crippen molar-refractivity contribution in [1.82, 2.24) is 10.5 Å². The smallest absolute Gasteiger partial charge is 0.316 e. The lowest BCUT2D eigenvalue weighted by molar-refractivity contribution is -0.146. The van der Waals surface area contributed by atoms with Crippen molar-refractivity contribution in [1.29, 1.82) is 5.26 Å². The Morgan fingerprint density at radius 3 is 2.62 bits per heavy atom. The maximum atomic E-state index is 11.8. The summed E-state index contributed by atoms with van der Waals surface area (Å²) >= 11 is 1.04. The molecule has 0 saturated heterocycles. The van der Waals surface area contributed by atoms with E-state index in [0.29, 0.717) is 11.6 Å². The second-order valence-electron chi connectivity index (χ2n) is 6.04. The number of nitrogens with zero attached hydrogens (tertiary/aromatic N) is 2. The van der Waals surface area contributed by atoms with Crippen molar-refractivity contribution >= 4 is 35.4 Å². The summed E-state index contributed by atoms with van der Waals surface area (Å²) in [7, 11) is 0. The van der Waals surface area contributed by atoms with Crippen LogP contribution < -0.4 is 10.6 Å². The van der Waals surface area contributed by atoms with E-state index in [1.165, 1.54) is 0 Å². The highest BCUT2D eigenvalue weighted by Crippen LogP contribution is 2.14. The summed E-state index contributed by atoms with van der Waals surface area (Å²) < 4.78 is 9.65. The molecule has 1 aromatic rings. The van der Waals surface area contributed by atoms with Crippen LogP contribution in [-0.2, 0) is 19.1 Å². The minimum absolute atomic E-state index is 0.0209.